The molecule has 0 heterocycles. The number of benzene rings is 1. The van der Waals surface area contributed by atoms with E-state index < -0.39 is 0 Å². The largest absolute Gasteiger partial charge is 0.399 e. The van der Waals surface area contributed by atoms with Crippen molar-refractivity contribution in [2.45, 2.75) is 26.5 Å². The van der Waals surface area contributed by atoms with Gasteiger partial charge in [-0.05, 0) is 29.2 Å². The van der Waals surface area contributed by atoms with Gasteiger partial charge in [0.15, 0.2) is 0 Å². The normalized spacial score (nSPS) is 13.2. The van der Waals surface area contributed by atoms with Gasteiger partial charge in [-0.1, -0.05) is 19.9 Å². The van der Waals surface area contributed by atoms with Crippen LogP contribution in [0.5, 0.6) is 0 Å². The van der Waals surface area contributed by atoms with E-state index in [-0.39, 0.29) is 12.6 Å². The lowest BCUT2D eigenvalue weighted by Gasteiger charge is -2.19. The third-order valence-corrected chi connectivity index (χ3v) is 2.41. The maximum Gasteiger partial charge on any atom is 0.0685 e. The van der Waals surface area contributed by atoms with Gasteiger partial charge < -0.3 is 16.6 Å². The molecular weight excluding hydrogens is 176 g/mol. The third-order valence-electron chi connectivity index (χ3n) is 2.41. The first-order valence-electron chi connectivity index (χ1n) is 4.81. The minimum atomic E-state index is -0.0438. The Morgan fingerprint density at radius 1 is 1.36 bits per heavy atom. The molecule has 78 valence electrons. The van der Waals surface area contributed by atoms with Crippen LogP contribution in [0.25, 0.3) is 0 Å². The quantitative estimate of drug-likeness (QED) is 0.637. The topological polar surface area (TPSA) is 72.3 Å². The second-order valence-corrected chi connectivity index (χ2v) is 3.89. The van der Waals surface area contributed by atoms with E-state index in [9.17, 15) is 0 Å². The number of rotatable bonds is 3. The molecule has 0 aliphatic rings. The van der Waals surface area contributed by atoms with Gasteiger partial charge in [-0.2, -0.15) is 0 Å². The van der Waals surface area contributed by atoms with Crippen molar-refractivity contribution in [3.8, 4) is 0 Å². The molecule has 1 rings (SSSR count). The fourth-order valence-corrected chi connectivity index (χ4v) is 1.45. The highest BCUT2D eigenvalue weighted by atomic mass is 16.3. The Hall–Kier alpha value is -1.06. The van der Waals surface area contributed by atoms with Gasteiger partial charge in [0.25, 0.3) is 0 Å². The molecule has 0 spiro atoms. The standard InChI is InChI=1S/C11H18N2O/c1-7(2)11(13)10-4-3-9(12)5-8(10)6-14/h3-5,7,11,14H,6,12-13H2,1-2H3/t11-/m1/s1. The summed E-state index contributed by atoms with van der Waals surface area (Å²) in [5.41, 5.74) is 14.1. The zero-order valence-corrected chi connectivity index (χ0v) is 8.70. The minimum absolute atomic E-state index is 0.0131. The van der Waals surface area contributed by atoms with Crippen LogP contribution in [0, 0.1) is 5.92 Å². The zero-order chi connectivity index (χ0) is 10.7. The molecule has 3 heteroatoms. The highest BCUT2D eigenvalue weighted by Crippen LogP contribution is 2.24. The Morgan fingerprint density at radius 3 is 2.50 bits per heavy atom. The average Bonchev–Trinajstić information content (AvgIpc) is 2.16. The minimum Gasteiger partial charge on any atom is -0.399 e. The van der Waals surface area contributed by atoms with Crippen LogP contribution in [0.1, 0.15) is 31.0 Å². The van der Waals surface area contributed by atoms with E-state index >= 15 is 0 Å². The molecule has 0 amide bonds. The van der Waals surface area contributed by atoms with Gasteiger partial charge in [0.05, 0.1) is 6.61 Å². The zero-order valence-electron chi connectivity index (χ0n) is 8.70. The van der Waals surface area contributed by atoms with E-state index in [4.69, 9.17) is 16.6 Å². The van der Waals surface area contributed by atoms with E-state index in [0.717, 1.165) is 11.1 Å². The van der Waals surface area contributed by atoms with Crippen molar-refractivity contribution in [3.63, 3.8) is 0 Å². The molecule has 0 bridgehead atoms. The van der Waals surface area contributed by atoms with Crippen molar-refractivity contribution in [1.29, 1.82) is 0 Å². The van der Waals surface area contributed by atoms with E-state index in [1.807, 2.05) is 12.1 Å². The number of aliphatic hydroxyl groups is 1. The van der Waals surface area contributed by atoms with Gasteiger partial charge in [0.2, 0.25) is 0 Å². The molecule has 0 saturated heterocycles. The van der Waals surface area contributed by atoms with Crippen LogP contribution in [0.3, 0.4) is 0 Å². The summed E-state index contributed by atoms with van der Waals surface area (Å²) in [4.78, 5) is 0. The maximum atomic E-state index is 9.16. The molecule has 3 nitrogen and oxygen atoms in total. The van der Waals surface area contributed by atoms with Crippen LogP contribution in [-0.2, 0) is 6.61 Å². The van der Waals surface area contributed by atoms with Crippen molar-refractivity contribution in [1.82, 2.24) is 0 Å². The van der Waals surface area contributed by atoms with Gasteiger partial charge >= 0.3 is 0 Å². The number of anilines is 1. The Bertz CT molecular complexity index is 310. The SMILES string of the molecule is CC(C)[C@@H](N)c1ccc(N)cc1CO. The fourth-order valence-electron chi connectivity index (χ4n) is 1.45. The lowest BCUT2D eigenvalue weighted by atomic mass is 9.93. The van der Waals surface area contributed by atoms with Crippen molar-refractivity contribution in [3.05, 3.63) is 29.3 Å². The van der Waals surface area contributed by atoms with Crippen molar-refractivity contribution in [2.75, 3.05) is 5.73 Å². The van der Waals surface area contributed by atoms with Crippen molar-refractivity contribution in [2.24, 2.45) is 11.7 Å². The van der Waals surface area contributed by atoms with Gasteiger partial charge in [-0.15, -0.1) is 0 Å². The number of hydrogen-bond acceptors (Lipinski definition) is 3. The number of nitrogens with two attached hydrogens (primary N) is 2. The fraction of sp³-hybridized carbons (Fsp3) is 0.455. The molecule has 0 saturated carbocycles. The Balaban J connectivity index is 3.07. The summed E-state index contributed by atoms with van der Waals surface area (Å²) in [6.45, 7) is 4.10. The molecule has 1 atom stereocenters. The average molecular weight is 194 g/mol. The molecule has 0 aliphatic heterocycles. The summed E-state index contributed by atoms with van der Waals surface area (Å²) in [7, 11) is 0. The predicted molar refractivity (Wildman–Crippen MR) is 58.5 cm³/mol. The van der Waals surface area contributed by atoms with Gasteiger partial charge in [0, 0.05) is 11.7 Å². The lowest BCUT2D eigenvalue weighted by molar-refractivity contribution is 0.279. The summed E-state index contributed by atoms with van der Waals surface area (Å²) < 4.78 is 0. The number of aliphatic hydroxyl groups excluding tert-OH is 1. The van der Waals surface area contributed by atoms with E-state index in [1.165, 1.54) is 0 Å². The molecular formula is C11H18N2O. The highest BCUT2D eigenvalue weighted by Gasteiger charge is 2.13. The maximum absolute atomic E-state index is 9.16. The first kappa shape index (κ1) is 11.0. The molecule has 0 fully saturated rings. The summed E-state index contributed by atoms with van der Waals surface area (Å²) in [5, 5.41) is 9.16. The van der Waals surface area contributed by atoms with Crippen LogP contribution in [0.15, 0.2) is 18.2 Å². The molecule has 1 aromatic carbocycles. The summed E-state index contributed by atoms with van der Waals surface area (Å²) in [5.74, 6) is 0.351. The second kappa shape index (κ2) is 4.44. The lowest BCUT2D eigenvalue weighted by Crippen LogP contribution is -2.18. The number of nitrogen functional groups attached to an aromatic ring is 1. The Kier molecular flexibility index (Phi) is 3.49. The second-order valence-electron chi connectivity index (χ2n) is 3.89. The van der Waals surface area contributed by atoms with Gasteiger partial charge in [-0.3, -0.25) is 0 Å². The summed E-state index contributed by atoms with van der Waals surface area (Å²) in [6, 6.07) is 5.44. The van der Waals surface area contributed by atoms with Gasteiger partial charge in [-0.25, -0.2) is 0 Å². The first-order valence-corrected chi connectivity index (χ1v) is 4.81. The molecule has 14 heavy (non-hydrogen) atoms. The summed E-state index contributed by atoms with van der Waals surface area (Å²) in [6.07, 6.45) is 0. The highest BCUT2D eigenvalue weighted by molar-refractivity contribution is 5.45. The van der Waals surface area contributed by atoms with E-state index in [2.05, 4.69) is 13.8 Å². The molecule has 1 aromatic rings. The molecule has 0 unspecified atom stereocenters. The molecule has 0 radical (unpaired) electrons. The van der Waals surface area contributed by atoms with Crippen LogP contribution in [-0.4, -0.2) is 5.11 Å². The van der Waals surface area contributed by atoms with Crippen LogP contribution in [0.4, 0.5) is 5.69 Å². The Labute approximate surface area is 84.7 Å². The summed E-state index contributed by atoms with van der Waals surface area (Å²) >= 11 is 0. The van der Waals surface area contributed by atoms with Crippen LogP contribution < -0.4 is 11.5 Å². The number of hydrogen-bond donors (Lipinski definition) is 3. The first-order chi connectivity index (χ1) is 6.56. The van der Waals surface area contributed by atoms with E-state index in [1.54, 1.807) is 6.07 Å². The third kappa shape index (κ3) is 2.25. The van der Waals surface area contributed by atoms with Crippen molar-refractivity contribution >= 4 is 5.69 Å². The predicted octanol–water partition coefficient (Wildman–Crippen LogP) is 1.42. The smallest absolute Gasteiger partial charge is 0.0685 e. The Morgan fingerprint density at radius 2 is 2.00 bits per heavy atom. The van der Waals surface area contributed by atoms with Gasteiger partial charge in [0.1, 0.15) is 0 Å². The molecule has 5 N–H and O–H groups in total. The molecule has 0 aliphatic carbocycles. The van der Waals surface area contributed by atoms with E-state index in [0.29, 0.717) is 11.6 Å². The molecule has 0 aromatic heterocycles. The van der Waals surface area contributed by atoms with Crippen LogP contribution in [0.2, 0.25) is 0 Å². The monoisotopic (exact) mass is 194 g/mol. The van der Waals surface area contributed by atoms with Crippen molar-refractivity contribution < 1.29 is 5.11 Å². The van der Waals surface area contributed by atoms with Crippen LogP contribution >= 0.6 is 0 Å².